The minimum atomic E-state index is -3.63. The lowest BCUT2D eigenvalue weighted by Crippen LogP contribution is -2.15. The molecule has 2 rings (SSSR count). The van der Waals surface area contributed by atoms with Gasteiger partial charge in [-0.05, 0) is 24.6 Å². The predicted octanol–water partition coefficient (Wildman–Crippen LogP) is 3.16. The average molecular weight is 311 g/mol. The van der Waals surface area contributed by atoms with Crippen LogP contribution in [0.15, 0.2) is 53.4 Å². The largest absolute Gasteiger partial charge is 0.387 e. The van der Waals surface area contributed by atoms with Gasteiger partial charge in [-0.15, -0.1) is 0 Å². The third-order valence-electron chi connectivity index (χ3n) is 3.01. The molecule has 0 heterocycles. The Balaban J connectivity index is 2.24. The summed E-state index contributed by atoms with van der Waals surface area (Å²) in [6.07, 6.45) is -1.07. The summed E-state index contributed by atoms with van der Waals surface area (Å²) in [7, 11) is -3.63. The molecule has 0 radical (unpaired) electrons. The molecule has 0 saturated heterocycles. The second-order valence-corrected chi connectivity index (χ2v) is 7.05. The summed E-state index contributed by atoms with van der Waals surface area (Å²) >= 11 is 5.90. The summed E-state index contributed by atoms with van der Waals surface area (Å²) in [5, 5.41) is 10.2. The molecule has 0 aliphatic heterocycles. The van der Waals surface area contributed by atoms with Gasteiger partial charge in [-0.25, -0.2) is 8.42 Å². The Kier molecular flexibility index (Phi) is 4.48. The van der Waals surface area contributed by atoms with Gasteiger partial charge >= 0.3 is 0 Å². The third kappa shape index (κ3) is 3.39. The van der Waals surface area contributed by atoms with Crippen molar-refractivity contribution >= 4 is 21.4 Å². The molecule has 1 atom stereocenters. The van der Waals surface area contributed by atoms with Crippen LogP contribution in [0.25, 0.3) is 0 Å². The molecule has 0 fully saturated rings. The molecule has 106 valence electrons. The van der Waals surface area contributed by atoms with E-state index in [0.29, 0.717) is 5.56 Å². The first-order valence-electron chi connectivity index (χ1n) is 6.12. The van der Waals surface area contributed by atoms with E-state index in [1.54, 1.807) is 24.3 Å². The lowest BCUT2D eigenvalue weighted by molar-refractivity contribution is 0.201. The minimum absolute atomic E-state index is 0.0489. The molecule has 2 aromatic rings. The zero-order valence-electron chi connectivity index (χ0n) is 11.0. The summed E-state index contributed by atoms with van der Waals surface area (Å²) < 4.78 is 24.5. The Hall–Kier alpha value is -1.36. The molecule has 0 bridgehead atoms. The summed E-state index contributed by atoms with van der Waals surface area (Å²) in [5.74, 6) is -0.389. The molecule has 0 aliphatic carbocycles. The van der Waals surface area contributed by atoms with Crippen molar-refractivity contribution in [1.82, 2.24) is 0 Å². The Morgan fingerprint density at radius 2 is 1.70 bits per heavy atom. The highest BCUT2D eigenvalue weighted by Gasteiger charge is 2.22. The molecule has 0 saturated carbocycles. The van der Waals surface area contributed by atoms with E-state index in [4.69, 9.17) is 11.6 Å². The monoisotopic (exact) mass is 310 g/mol. The Bertz CT molecular complexity index is 693. The number of hydrogen-bond donors (Lipinski definition) is 1. The zero-order valence-corrected chi connectivity index (χ0v) is 12.5. The number of sulfone groups is 1. The van der Waals surface area contributed by atoms with Crippen LogP contribution in [-0.2, 0) is 9.84 Å². The smallest absolute Gasteiger partial charge is 0.182 e. The fourth-order valence-electron chi connectivity index (χ4n) is 1.88. The summed E-state index contributed by atoms with van der Waals surface area (Å²) in [6.45, 7) is 1.93. The molecule has 0 aromatic heterocycles. The molecule has 2 aromatic carbocycles. The van der Waals surface area contributed by atoms with Gasteiger partial charge in [0.1, 0.15) is 0 Å². The maximum atomic E-state index is 12.3. The van der Waals surface area contributed by atoms with Crippen LogP contribution in [0.1, 0.15) is 17.2 Å². The van der Waals surface area contributed by atoms with Crippen molar-refractivity contribution in [3.63, 3.8) is 0 Å². The minimum Gasteiger partial charge on any atom is -0.387 e. The van der Waals surface area contributed by atoms with Gasteiger partial charge in [-0.2, -0.15) is 0 Å². The van der Waals surface area contributed by atoms with Crippen LogP contribution in [0.5, 0.6) is 0 Å². The standard InChI is InChI=1S/C15H15ClO3S/c1-11-6-8-12(9-7-11)14(17)10-20(18,19)15-5-3-2-4-13(15)16/h2-9,14,17H,10H2,1H3. The van der Waals surface area contributed by atoms with E-state index in [-0.39, 0.29) is 15.7 Å². The van der Waals surface area contributed by atoms with E-state index in [1.165, 1.54) is 12.1 Å². The second kappa shape index (κ2) is 5.95. The molecule has 0 aliphatic rings. The van der Waals surface area contributed by atoms with Gasteiger partial charge in [-0.1, -0.05) is 53.6 Å². The second-order valence-electron chi connectivity index (χ2n) is 4.64. The number of benzene rings is 2. The van der Waals surface area contributed by atoms with Crippen LogP contribution in [0, 0.1) is 6.92 Å². The predicted molar refractivity (Wildman–Crippen MR) is 79.6 cm³/mol. The number of aliphatic hydroxyl groups excluding tert-OH is 1. The third-order valence-corrected chi connectivity index (χ3v) is 5.23. The van der Waals surface area contributed by atoms with Crippen LogP contribution in [-0.4, -0.2) is 19.3 Å². The maximum absolute atomic E-state index is 12.3. The van der Waals surface area contributed by atoms with Crippen LogP contribution in [0.3, 0.4) is 0 Å². The number of rotatable bonds is 4. The first kappa shape index (κ1) is 15.0. The first-order valence-corrected chi connectivity index (χ1v) is 8.15. The number of aliphatic hydroxyl groups is 1. The first-order chi connectivity index (χ1) is 9.40. The van der Waals surface area contributed by atoms with Gasteiger partial charge in [-0.3, -0.25) is 0 Å². The quantitative estimate of drug-likeness (QED) is 0.943. The Morgan fingerprint density at radius 1 is 1.10 bits per heavy atom. The van der Waals surface area contributed by atoms with Gasteiger partial charge in [0, 0.05) is 0 Å². The molecule has 0 spiro atoms. The van der Waals surface area contributed by atoms with E-state index >= 15 is 0 Å². The summed E-state index contributed by atoms with van der Waals surface area (Å²) in [5.41, 5.74) is 1.63. The van der Waals surface area contributed by atoms with E-state index < -0.39 is 15.9 Å². The molecule has 1 unspecified atom stereocenters. The highest BCUT2D eigenvalue weighted by Crippen LogP contribution is 2.25. The maximum Gasteiger partial charge on any atom is 0.182 e. The van der Waals surface area contributed by atoms with Crippen molar-refractivity contribution in [3.05, 3.63) is 64.7 Å². The summed E-state index contributed by atoms with van der Waals surface area (Å²) in [4.78, 5) is 0.0489. The molecule has 0 amide bonds. The molecule has 5 heteroatoms. The van der Waals surface area contributed by atoms with Crippen molar-refractivity contribution in [3.8, 4) is 0 Å². The molecular weight excluding hydrogens is 296 g/mol. The van der Waals surface area contributed by atoms with Crippen molar-refractivity contribution in [2.75, 3.05) is 5.75 Å². The van der Waals surface area contributed by atoms with Crippen molar-refractivity contribution in [2.24, 2.45) is 0 Å². The Morgan fingerprint density at radius 3 is 2.30 bits per heavy atom. The fourth-order valence-corrected chi connectivity index (χ4v) is 3.81. The number of hydrogen-bond acceptors (Lipinski definition) is 3. The zero-order chi connectivity index (χ0) is 14.8. The van der Waals surface area contributed by atoms with Crippen molar-refractivity contribution < 1.29 is 13.5 Å². The lowest BCUT2D eigenvalue weighted by atomic mass is 10.1. The van der Waals surface area contributed by atoms with Gasteiger partial charge in [0.25, 0.3) is 0 Å². The number of aryl methyl sites for hydroxylation is 1. The van der Waals surface area contributed by atoms with Gasteiger partial charge in [0.2, 0.25) is 0 Å². The fraction of sp³-hybridized carbons (Fsp3) is 0.200. The highest BCUT2D eigenvalue weighted by atomic mass is 35.5. The molecule has 20 heavy (non-hydrogen) atoms. The van der Waals surface area contributed by atoms with E-state index in [9.17, 15) is 13.5 Å². The Labute approximate surface area is 123 Å². The SMILES string of the molecule is Cc1ccc(C(O)CS(=O)(=O)c2ccccc2Cl)cc1. The van der Waals surface area contributed by atoms with Crippen molar-refractivity contribution in [2.45, 2.75) is 17.9 Å². The molecule has 1 N–H and O–H groups in total. The lowest BCUT2D eigenvalue weighted by Gasteiger charge is -2.12. The topological polar surface area (TPSA) is 54.4 Å². The average Bonchev–Trinajstić information content (AvgIpc) is 2.39. The van der Waals surface area contributed by atoms with Crippen LogP contribution in [0.2, 0.25) is 5.02 Å². The van der Waals surface area contributed by atoms with Crippen LogP contribution >= 0.6 is 11.6 Å². The van der Waals surface area contributed by atoms with E-state index in [0.717, 1.165) is 5.56 Å². The normalized spacial score (nSPS) is 13.2. The molecular formula is C15H15ClO3S. The van der Waals surface area contributed by atoms with Crippen molar-refractivity contribution in [1.29, 1.82) is 0 Å². The van der Waals surface area contributed by atoms with Crippen LogP contribution < -0.4 is 0 Å². The van der Waals surface area contributed by atoms with E-state index in [2.05, 4.69) is 0 Å². The highest BCUT2D eigenvalue weighted by molar-refractivity contribution is 7.91. The van der Waals surface area contributed by atoms with E-state index in [1.807, 2.05) is 19.1 Å². The number of halogens is 1. The molecule has 3 nitrogen and oxygen atoms in total. The van der Waals surface area contributed by atoms with Gasteiger partial charge in [0.15, 0.2) is 9.84 Å². The van der Waals surface area contributed by atoms with Gasteiger partial charge in [0.05, 0.1) is 21.8 Å². The van der Waals surface area contributed by atoms with Gasteiger partial charge < -0.3 is 5.11 Å². The van der Waals surface area contributed by atoms with Crippen LogP contribution in [0.4, 0.5) is 0 Å². The summed E-state index contributed by atoms with van der Waals surface area (Å²) in [6, 6.07) is 13.4.